The number of aliphatic hydroxyl groups excluding tert-OH is 1. The minimum absolute atomic E-state index is 0. The van der Waals surface area contributed by atoms with Crippen LogP contribution in [0.3, 0.4) is 0 Å². The van der Waals surface area contributed by atoms with Crippen LogP contribution < -0.4 is 10.6 Å². The minimum atomic E-state index is -0.172. The van der Waals surface area contributed by atoms with Gasteiger partial charge in [-0.1, -0.05) is 0 Å². The number of halogens is 1. The molecule has 5 nitrogen and oxygen atoms in total. The molecular weight excluding hydrogens is 322 g/mol. The van der Waals surface area contributed by atoms with Crippen molar-refractivity contribution < 1.29 is 9.90 Å². The van der Waals surface area contributed by atoms with Crippen molar-refractivity contribution in [3.63, 3.8) is 0 Å². The molecule has 1 aromatic rings. The maximum atomic E-state index is 12.3. The number of carbonyl (C=O) groups is 1. The Balaban J connectivity index is 0.00000176. The molecule has 0 aromatic carbocycles. The summed E-state index contributed by atoms with van der Waals surface area (Å²) < 4.78 is 0. The van der Waals surface area contributed by atoms with Crippen LogP contribution in [0.4, 0.5) is 0 Å². The van der Waals surface area contributed by atoms with Crippen LogP contribution >= 0.6 is 23.7 Å². The van der Waals surface area contributed by atoms with Crippen LogP contribution in [0.1, 0.15) is 31.4 Å². The van der Waals surface area contributed by atoms with E-state index in [1.54, 1.807) is 5.51 Å². The van der Waals surface area contributed by atoms with Crippen LogP contribution in [0.5, 0.6) is 0 Å². The first-order valence-electron chi connectivity index (χ1n) is 7.77. The van der Waals surface area contributed by atoms with E-state index in [2.05, 4.69) is 15.6 Å². The molecule has 1 aliphatic carbocycles. The predicted octanol–water partition coefficient (Wildman–Crippen LogP) is 1.36. The lowest BCUT2D eigenvalue weighted by atomic mass is 9.71. The van der Waals surface area contributed by atoms with Crippen molar-refractivity contribution in [2.24, 2.45) is 11.8 Å². The van der Waals surface area contributed by atoms with E-state index in [4.69, 9.17) is 0 Å². The second kappa shape index (κ2) is 8.24. The highest BCUT2D eigenvalue weighted by Gasteiger charge is 2.39. The maximum Gasteiger partial charge on any atom is 0.226 e. The van der Waals surface area contributed by atoms with E-state index in [-0.39, 0.29) is 30.5 Å². The van der Waals surface area contributed by atoms with E-state index < -0.39 is 0 Å². The van der Waals surface area contributed by atoms with Crippen LogP contribution in [0, 0.1) is 11.8 Å². The molecule has 1 atom stereocenters. The Morgan fingerprint density at radius 3 is 2.73 bits per heavy atom. The first-order chi connectivity index (χ1) is 10.2. The highest BCUT2D eigenvalue weighted by Crippen LogP contribution is 2.35. The zero-order valence-electron chi connectivity index (χ0n) is 12.5. The fourth-order valence-corrected chi connectivity index (χ4v) is 4.03. The molecular formula is C15H24ClN3O2S. The molecule has 124 valence electrons. The van der Waals surface area contributed by atoms with Crippen LogP contribution in [-0.2, 0) is 11.2 Å². The molecule has 3 N–H and O–H groups in total. The van der Waals surface area contributed by atoms with E-state index >= 15 is 0 Å². The second-order valence-corrected chi connectivity index (χ2v) is 6.94. The van der Waals surface area contributed by atoms with E-state index in [1.165, 1.54) is 11.3 Å². The summed E-state index contributed by atoms with van der Waals surface area (Å²) in [7, 11) is 0. The molecule has 3 rings (SSSR count). The molecule has 2 heterocycles. The summed E-state index contributed by atoms with van der Waals surface area (Å²) in [4.78, 5) is 16.4. The monoisotopic (exact) mass is 345 g/mol. The van der Waals surface area contributed by atoms with Gasteiger partial charge in [0.25, 0.3) is 0 Å². The summed E-state index contributed by atoms with van der Waals surface area (Å²) in [6, 6.07) is 0.210. The Morgan fingerprint density at radius 2 is 2.14 bits per heavy atom. The van der Waals surface area contributed by atoms with Crippen LogP contribution in [0.25, 0.3) is 0 Å². The van der Waals surface area contributed by atoms with Gasteiger partial charge in [0.2, 0.25) is 5.91 Å². The van der Waals surface area contributed by atoms with Gasteiger partial charge in [-0.15, -0.1) is 23.7 Å². The number of aliphatic hydroxyl groups is 1. The quantitative estimate of drug-likeness (QED) is 0.753. The number of carbonyl (C=O) groups excluding carboxylic acids is 1. The summed E-state index contributed by atoms with van der Waals surface area (Å²) in [5.41, 5.74) is 2.60. The van der Waals surface area contributed by atoms with E-state index in [1.807, 2.05) is 5.38 Å². The normalized spacial score (nSPS) is 26.6. The van der Waals surface area contributed by atoms with Crippen molar-refractivity contribution in [3.05, 3.63) is 16.6 Å². The second-order valence-electron chi connectivity index (χ2n) is 6.22. The van der Waals surface area contributed by atoms with Gasteiger partial charge in [-0.05, 0) is 50.6 Å². The van der Waals surface area contributed by atoms with E-state index in [0.717, 1.165) is 44.5 Å². The Hall–Kier alpha value is -0.690. The number of nitrogens with one attached hydrogen (secondary N) is 2. The van der Waals surface area contributed by atoms with Gasteiger partial charge in [-0.2, -0.15) is 0 Å². The van der Waals surface area contributed by atoms with Crippen molar-refractivity contribution in [2.45, 2.75) is 44.2 Å². The molecule has 0 spiro atoms. The molecule has 1 aromatic heterocycles. The molecule has 2 aliphatic rings. The van der Waals surface area contributed by atoms with E-state index in [0.29, 0.717) is 18.3 Å². The fourth-order valence-electron chi connectivity index (χ4n) is 3.47. The van der Waals surface area contributed by atoms with Crippen LogP contribution in [-0.4, -0.2) is 41.2 Å². The SMILES string of the molecule is Cl.O=C(Cc1cscn1)NC(C1CCNCC1)C1CC(O)C1. The highest BCUT2D eigenvalue weighted by atomic mass is 35.5. The van der Waals surface area contributed by atoms with Gasteiger partial charge >= 0.3 is 0 Å². The van der Waals surface area contributed by atoms with Gasteiger partial charge in [-0.25, -0.2) is 4.98 Å². The number of piperidine rings is 1. The number of aromatic nitrogens is 1. The zero-order chi connectivity index (χ0) is 14.7. The van der Waals surface area contributed by atoms with Crippen LogP contribution in [0.15, 0.2) is 10.9 Å². The largest absolute Gasteiger partial charge is 0.393 e. The van der Waals surface area contributed by atoms with Crippen molar-refractivity contribution in [1.29, 1.82) is 0 Å². The third-order valence-corrected chi connectivity index (χ3v) is 5.34. The lowest BCUT2D eigenvalue weighted by molar-refractivity contribution is -0.123. The van der Waals surface area contributed by atoms with Crippen molar-refractivity contribution in [3.8, 4) is 0 Å². The predicted molar refractivity (Wildman–Crippen MR) is 89.3 cm³/mol. The van der Waals surface area contributed by atoms with Crippen molar-refractivity contribution in [2.75, 3.05) is 13.1 Å². The minimum Gasteiger partial charge on any atom is -0.393 e. The van der Waals surface area contributed by atoms with Gasteiger partial charge in [0.1, 0.15) is 0 Å². The number of hydrogen-bond donors (Lipinski definition) is 3. The van der Waals surface area contributed by atoms with Gasteiger partial charge in [0.15, 0.2) is 0 Å². The van der Waals surface area contributed by atoms with Gasteiger partial charge < -0.3 is 15.7 Å². The number of nitrogens with zero attached hydrogens (tertiary/aromatic N) is 1. The topological polar surface area (TPSA) is 74.2 Å². The molecule has 7 heteroatoms. The third kappa shape index (κ3) is 4.41. The Labute approximate surface area is 141 Å². The van der Waals surface area contributed by atoms with Crippen molar-refractivity contribution >= 4 is 29.7 Å². The third-order valence-electron chi connectivity index (χ3n) is 4.70. The fraction of sp³-hybridized carbons (Fsp3) is 0.733. The number of thiazole rings is 1. The lowest BCUT2D eigenvalue weighted by Gasteiger charge is -2.43. The van der Waals surface area contributed by atoms with Gasteiger partial charge in [0, 0.05) is 11.4 Å². The molecule has 1 amide bonds. The molecule has 0 radical (unpaired) electrons. The Bertz CT molecular complexity index is 459. The molecule has 1 saturated carbocycles. The Kier molecular flexibility index (Phi) is 6.62. The number of hydrogen-bond acceptors (Lipinski definition) is 5. The first-order valence-corrected chi connectivity index (χ1v) is 8.72. The highest BCUT2D eigenvalue weighted by molar-refractivity contribution is 7.07. The van der Waals surface area contributed by atoms with E-state index in [9.17, 15) is 9.90 Å². The average Bonchev–Trinajstić information content (AvgIpc) is 2.95. The zero-order valence-corrected chi connectivity index (χ0v) is 14.2. The number of rotatable bonds is 5. The summed E-state index contributed by atoms with van der Waals surface area (Å²) >= 11 is 1.52. The standard InChI is InChI=1S/C15H23N3O2S.ClH/c19-13-5-11(6-13)15(10-1-3-16-4-2-10)18-14(20)7-12-8-21-9-17-12;/h8-11,13,15-16,19H,1-7H2,(H,18,20);1H. The van der Waals surface area contributed by atoms with Crippen molar-refractivity contribution in [1.82, 2.24) is 15.6 Å². The number of amides is 1. The summed E-state index contributed by atoms with van der Waals surface area (Å²) in [5.74, 6) is 1.02. The molecule has 1 aliphatic heterocycles. The molecule has 2 fully saturated rings. The average molecular weight is 346 g/mol. The van der Waals surface area contributed by atoms with Crippen LogP contribution in [0.2, 0.25) is 0 Å². The Morgan fingerprint density at radius 1 is 1.41 bits per heavy atom. The van der Waals surface area contributed by atoms with Gasteiger partial charge in [0.05, 0.1) is 23.7 Å². The molecule has 0 bridgehead atoms. The first kappa shape index (κ1) is 17.7. The molecule has 22 heavy (non-hydrogen) atoms. The maximum absolute atomic E-state index is 12.3. The summed E-state index contributed by atoms with van der Waals surface area (Å²) in [5, 5.41) is 18.1. The molecule has 1 unspecified atom stereocenters. The summed E-state index contributed by atoms with van der Waals surface area (Å²) in [6.07, 6.45) is 4.05. The molecule has 1 saturated heterocycles. The lowest BCUT2D eigenvalue weighted by Crippen LogP contribution is -2.53. The smallest absolute Gasteiger partial charge is 0.226 e. The van der Waals surface area contributed by atoms with Gasteiger partial charge in [-0.3, -0.25) is 4.79 Å². The summed E-state index contributed by atoms with van der Waals surface area (Å²) in [6.45, 7) is 2.05.